The molecule has 0 spiro atoms. The van der Waals surface area contributed by atoms with E-state index in [0.29, 0.717) is 63.6 Å². The quantitative estimate of drug-likeness (QED) is 0.211. The summed E-state index contributed by atoms with van der Waals surface area (Å²) in [6.07, 6.45) is 4.59. The van der Waals surface area contributed by atoms with E-state index in [0.717, 1.165) is 23.8 Å². The maximum Gasteiger partial charge on any atom is 0.317 e. The molecule has 0 atom stereocenters. The Kier molecular flexibility index (Phi) is 9.28. The molecule has 1 N–H and O–H groups in total. The van der Waals surface area contributed by atoms with E-state index in [1.54, 1.807) is 59.6 Å². The van der Waals surface area contributed by atoms with E-state index in [9.17, 15) is 17.6 Å². The molecule has 216 valence electrons. The minimum Gasteiger partial charge on any atom is -0.378 e. The first-order valence-electron chi connectivity index (χ1n) is 13.8. The van der Waals surface area contributed by atoms with Crippen molar-refractivity contribution in [3.05, 3.63) is 96.2 Å². The number of nitrogens with zero attached hydrogens (tertiary/aromatic N) is 4. The summed E-state index contributed by atoms with van der Waals surface area (Å²) in [4.78, 5) is 20.2. The van der Waals surface area contributed by atoms with E-state index >= 15 is 0 Å². The molecule has 0 saturated carbocycles. The van der Waals surface area contributed by atoms with Gasteiger partial charge in [0.2, 0.25) is 5.95 Å². The van der Waals surface area contributed by atoms with Gasteiger partial charge in [-0.1, -0.05) is 42.5 Å². The molecule has 2 aromatic carbocycles. The van der Waals surface area contributed by atoms with Gasteiger partial charge in [-0.2, -0.15) is 4.39 Å². The van der Waals surface area contributed by atoms with Gasteiger partial charge in [-0.25, -0.2) is 22.2 Å². The number of carbonyl (C=O) groups is 1. The van der Waals surface area contributed by atoms with Crippen molar-refractivity contribution >= 4 is 27.0 Å². The molecule has 1 saturated heterocycles. The number of rotatable bonds is 11. The van der Waals surface area contributed by atoms with Gasteiger partial charge in [0, 0.05) is 56.1 Å². The SMILES string of the molecule is O=C(NCCCCN(Cc1cccnc1F)Cc1cn(S(=O)(=O)c2ccccc2)c2ccccc12)N1CCOCC1. The van der Waals surface area contributed by atoms with Crippen molar-refractivity contribution in [2.24, 2.45) is 0 Å². The van der Waals surface area contributed by atoms with Gasteiger partial charge in [0.25, 0.3) is 10.0 Å². The number of hydrogen-bond donors (Lipinski definition) is 1. The van der Waals surface area contributed by atoms with Crippen LogP contribution in [0.4, 0.5) is 9.18 Å². The van der Waals surface area contributed by atoms with E-state index in [1.807, 2.05) is 18.2 Å². The first-order chi connectivity index (χ1) is 19.9. The number of halogens is 1. The Balaban J connectivity index is 1.32. The molecule has 5 rings (SSSR count). The van der Waals surface area contributed by atoms with Gasteiger partial charge >= 0.3 is 6.03 Å². The van der Waals surface area contributed by atoms with Crippen molar-refractivity contribution in [3.8, 4) is 0 Å². The Labute approximate surface area is 239 Å². The fourth-order valence-corrected chi connectivity index (χ4v) is 6.43. The molecule has 3 heterocycles. The highest BCUT2D eigenvalue weighted by Gasteiger charge is 2.22. The number of unbranched alkanes of at least 4 members (excludes halogenated alkanes) is 1. The van der Waals surface area contributed by atoms with Crippen molar-refractivity contribution in [1.29, 1.82) is 0 Å². The fraction of sp³-hybridized carbons (Fsp3) is 0.333. The van der Waals surface area contributed by atoms with Crippen molar-refractivity contribution in [2.75, 3.05) is 39.4 Å². The molecule has 41 heavy (non-hydrogen) atoms. The first-order valence-corrected chi connectivity index (χ1v) is 15.2. The van der Waals surface area contributed by atoms with Crippen molar-refractivity contribution in [2.45, 2.75) is 30.8 Å². The van der Waals surface area contributed by atoms with Crippen LogP contribution in [0.25, 0.3) is 10.9 Å². The van der Waals surface area contributed by atoms with Gasteiger partial charge in [0.1, 0.15) is 0 Å². The fourth-order valence-electron chi connectivity index (χ4n) is 5.02. The van der Waals surface area contributed by atoms with E-state index in [2.05, 4.69) is 15.2 Å². The molecule has 4 aromatic rings. The molecule has 1 fully saturated rings. The lowest BCUT2D eigenvalue weighted by Crippen LogP contribution is -2.46. The number of nitrogens with one attached hydrogen (secondary N) is 1. The molecule has 0 bridgehead atoms. The van der Waals surface area contributed by atoms with Gasteiger partial charge in [-0.05, 0) is 49.2 Å². The van der Waals surface area contributed by atoms with Crippen LogP contribution in [-0.2, 0) is 27.8 Å². The third-order valence-corrected chi connectivity index (χ3v) is 8.85. The summed E-state index contributed by atoms with van der Waals surface area (Å²) in [5, 5.41) is 3.79. The second-order valence-electron chi connectivity index (χ2n) is 9.99. The number of amides is 2. The van der Waals surface area contributed by atoms with Crippen LogP contribution in [0.2, 0.25) is 0 Å². The van der Waals surface area contributed by atoms with Gasteiger partial charge in [0.05, 0.1) is 23.6 Å². The Morgan fingerprint density at radius 3 is 2.46 bits per heavy atom. The van der Waals surface area contributed by atoms with Gasteiger partial charge in [-0.15, -0.1) is 0 Å². The zero-order chi connectivity index (χ0) is 28.7. The maximum atomic E-state index is 14.5. The smallest absolute Gasteiger partial charge is 0.317 e. The van der Waals surface area contributed by atoms with Crippen molar-refractivity contribution in [1.82, 2.24) is 24.1 Å². The van der Waals surface area contributed by atoms with Gasteiger partial charge < -0.3 is 15.0 Å². The minimum atomic E-state index is -3.81. The van der Waals surface area contributed by atoms with Gasteiger partial charge in [-0.3, -0.25) is 4.90 Å². The third kappa shape index (κ3) is 6.92. The zero-order valence-corrected chi connectivity index (χ0v) is 23.6. The van der Waals surface area contributed by atoms with Crippen LogP contribution in [0.3, 0.4) is 0 Å². The van der Waals surface area contributed by atoms with Crippen LogP contribution >= 0.6 is 0 Å². The Bertz CT molecular complexity index is 1570. The number of fused-ring (bicyclic) bond motifs is 1. The number of benzene rings is 2. The van der Waals surface area contributed by atoms with Gasteiger partial charge in [0.15, 0.2) is 0 Å². The second kappa shape index (κ2) is 13.2. The Morgan fingerprint density at radius 2 is 1.68 bits per heavy atom. The predicted octanol–water partition coefficient (Wildman–Crippen LogP) is 4.24. The molecular formula is C30H34FN5O4S. The lowest BCUT2D eigenvalue weighted by molar-refractivity contribution is 0.0532. The van der Waals surface area contributed by atoms with Crippen LogP contribution in [-0.4, -0.2) is 72.6 Å². The first kappa shape index (κ1) is 28.7. The lowest BCUT2D eigenvalue weighted by atomic mass is 10.1. The normalized spacial score (nSPS) is 14.0. The van der Waals surface area contributed by atoms with Crippen LogP contribution in [0, 0.1) is 5.95 Å². The van der Waals surface area contributed by atoms with E-state index in [4.69, 9.17) is 4.74 Å². The van der Waals surface area contributed by atoms with Crippen LogP contribution in [0.1, 0.15) is 24.0 Å². The summed E-state index contributed by atoms with van der Waals surface area (Å²) in [6, 6.07) is 19.1. The average Bonchev–Trinajstić information content (AvgIpc) is 3.38. The topological polar surface area (TPSA) is 96.8 Å². The number of hydrogen-bond acceptors (Lipinski definition) is 6. The van der Waals surface area contributed by atoms with E-state index in [-0.39, 0.29) is 10.9 Å². The van der Waals surface area contributed by atoms with Crippen LogP contribution in [0.5, 0.6) is 0 Å². The maximum absolute atomic E-state index is 14.5. The number of morpholine rings is 1. The largest absolute Gasteiger partial charge is 0.378 e. The zero-order valence-electron chi connectivity index (χ0n) is 22.8. The molecule has 2 amide bonds. The summed E-state index contributed by atoms with van der Waals surface area (Å²) in [6.45, 7) is 4.14. The lowest BCUT2D eigenvalue weighted by Gasteiger charge is -2.27. The number of urea groups is 1. The summed E-state index contributed by atoms with van der Waals surface area (Å²) >= 11 is 0. The van der Waals surface area contributed by atoms with Crippen LogP contribution in [0.15, 0.2) is 84.0 Å². The van der Waals surface area contributed by atoms with Crippen molar-refractivity contribution < 1.29 is 22.3 Å². The minimum absolute atomic E-state index is 0.0879. The molecule has 1 aliphatic rings. The monoisotopic (exact) mass is 579 g/mol. The number of pyridine rings is 1. The molecule has 0 radical (unpaired) electrons. The third-order valence-electron chi connectivity index (χ3n) is 7.16. The number of aromatic nitrogens is 2. The van der Waals surface area contributed by atoms with E-state index < -0.39 is 16.0 Å². The number of ether oxygens (including phenoxy) is 1. The average molecular weight is 580 g/mol. The molecular weight excluding hydrogens is 545 g/mol. The highest BCUT2D eigenvalue weighted by molar-refractivity contribution is 7.90. The Morgan fingerprint density at radius 1 is 0.951 bits per heavy atom. The Hall–Kier alpha value is -3.80. The summed E-state index contributed by atoms with van der Waals surface area (Å²) in [7, 11) is -3.81. The molecule has 0 unspecified atom stereocenters. The highest BCUT2D eigenvalue weighted by atomic mass is 32.2. The standard InChI is InChI=1S/C30H34FN5O4S/c31-29-24(9-8-15-32-29)21-34(16-7-6-14-33-30(37)35-17-19-40-20-18-35)22-25-23-36(28-13-5-4-12-27(25)28)41(38,39)26-10-2-1-3-11-26/h1-5,8-13,15,23H,6-7,14,16-22H2,(H,33,37). The number of carbonyl (C=O) groups excluding carboxylic acids is 1. The van der Waals surface area contributed by atoms with E-state index in [1.165, 1.54) is 10.2 Å². The predicted molar refractivity (Wildman–Crippen MR) is 154 cm³/mol. The molecule has 1 aliphatic heterocycles. The highest BCUT2D eigenvalue weighted by Crippen LogP contribution is 2.27. The summed E-state index contributed by atoms with van der Waals surface area (Å²) in [5.41, 5.74) is 1.88. The molecule has 2 aromatic heterocycles. The van der Waals surface area contributed by atoms with Crippen LogP contribution < -0.4 is 5.32 Å². The molecule has 9 nitrogen and oxygen atoms in total. The summed E-state index contributed by atoms with van der Waals surface area (Å²) < 4.78 is 48.2. The van der Waals surface area contributed by atoms with Crippen molar-refractivity contribution in [3.63, 3.8) is 0 Å². The second-order valence-corrected chi connectivity index (χ2v) is 11.8. The summed E-state index contributed by atoms with van der Waals surface area (Å²) in [5.74, 6) is -0.524. The molecule has 11 heteroatoms. The molecule has 0 aliphatic carbocycles. The number of para-hydroxylation sites is 1.